The molecule has 5 rings (SSSR count). The number of rotatable bonds is 6. The zero-order valence-electron chi connectivity index (χ0n) is 18.3. The van der Waals surface area contributed by atoms with Gasteiger partial charge in [-0.25, -0.2) is 13.5 Å². The highest BCUT2D eigenvalue weighted by atomic mass is 32.2. The van der Waals surface area contributed by atoms with E-state index in [1.54, 1.807) is 12.1 Å². The van der Waals surface area contributed by atoms with Crippen molar-refractivity contribution in [2.45, 2.75) is 24.5 Å². The molecule has 2 aromatic heterocycles. The molecule has 1 aliphatic rings. The van der Waals surface area contributed by atoms with Crippen LogP contribution in [0.25, 0.3) is 10.9 Å². The number of nitrogens with one attached hydrogen (secondary N) is 1. The number of morpholine rings is 1. The summed E-state index contributed by atoms with van der Waals surface area (Å²) in [5.74, 6) is 0.557. The summed E-state index contributed by atoms with van der Waals surface area (Å²) in [5.41, 5.74) is 2.82. The first kappa shape index (κ1) is 22.7. The van der Waals surface area contributed by atoms with Gasteiger partial charge in [0, 0.05) is 23.2 Å². The third-order valence-corrected chi connectivity index (χ3v) is 8.35. The van der Waals surface area contributed by atoms with E-state index in [9.17, 15) is 13.2 Å². The lowest BCUT2D eigenvalue weighted by Crippen LogP contribution is -2.43. The Labute approximate surface area is 200 Å². The number of nitrogens with zero attached hydrogens (tertiary/aromatic N) is 3. The molecule has 1 saturated heterocycles. The Bertz CT molecular complexity index is 1480. The Morgan fingerprint density at radius 2 is 2.00 bits per heavy atom. The van der Waals surface area contributed by atoms with Gasteiger partial charge >= 0.3 is 4.87 Å². The van der Waals surface area contributed by atoms with Gasteiger partial charge in [-0.1, -0.05) is 29.5 Å². The number of sulfonamides is 1. The quantitative estimate of drug-likeness (QED) is 0.435. The van der Waals surface area contributed by atoms with Gasteiger partial charge in [-0.2, -0.15) is 9.40 Å². The van der Waals surface area contributed by atoms with Crippen LogP contribution >= 0.6 is 11.3 Å². The summed E-state index contributed by atoms with van der Waals surface area (Å²) in [6, 6.07) is 15.6. The minimum absolute atomic E-state index is 0.139. The molecule has 1 N–H and O–H groups in total. The molecule has 11 heteroatoms. The monoisotopic (exact) mass is 498 g/mol. The largest absolute Gasteiger partial charge is 0.489 e. The van der Waals surface area contributed by atoms with Crippen molar-refractivity contribution in [1.82, 2.24) is 19.5 Å². The van der Waals surface area contributed by atoms with Crippen LogP contribution in [0, 0.1) is 6.92 Å². The fourth-order valence-corrected chi connectivity index (χ4v) is 6.31. The molecule has 34 heavy (non-hydrogen) atoms. The number of pyridine rings is 1. The maximum absolute atomic E-state index is 13.4. The lowest BCUT2D eigenvalue weighted by atomic mass is 10.1. The van der Waals surface area contributed by atoms with Crippen molar-refractivity contribution >= 4 is 32.3 Å². The van der Waals surface area contributed by atoms with Crippen molar-refractivity contribution in [2.75, 3.05) is 19.8 Å². The van der Waals surface area contributed by atoms with Crippen molar-refractivity contribution in [1.29, 1.82) is 0 Å². The van der Waals surface area contributed by atoms with Gasteiger partial charge in [0.2, 0.25) is 10.0 Å². The summed E-state index contributed by atoms with van der Waals surface area (Å²) in [7, 11) is -3.83. The Balaban J connectivity index is 1.35. The molecule has 0 saturated carbocycles. The minimum Gasteiger partial charge on any atom is -0.489 e. The molecule has 1 fully saturated rings. The third-order valence-electron chi connectivity index (χ3n) is 5.57. The highest BCUT2D eigenvalue weighted by Crippen LogP contribution is 2.31. The van der Waals surface area contributed by atoms with E-state index in [1.807, 2.05) is 37.3 Å². The SMILES string of the molecule is Cc1cc(COc2ccc(S(=O)(=O)N3CCOCC3c3n[nH]c(=O)s3)cc2)c2ccccc2n1. The molecule has 0 spiro atoms. The normalized spacial score (nSPS) is 17.1. The van der Waals surface area contributed by atoms with Crippen LogP contribution in [0.15, 0.2) is 64.3 Å². The predicted molar refractivity (Wildman–Crippen MR) is 127 cm³/mol. The molecule has 1 atom stereocenters. The number of para-hydroxylation sites is 1. The number of benzene rings is 2. The van der Waals surface area contributed by atoms with Gasteiger partial charge in [-0.15, -0.1) is 0 Å². The van der Waals surface area contributed by atoms with Gasteiger partial charge in [0.05, 0.1) is 23.6 Å². The van der Waals surface area contributed by atoms with Crippen LogP contribution in [0.2, 0.25) is 0 Å². The lowest BCUT2D eigenvalue weighted by molar-refractivity contribution is 0.0318. The number of aromatic nitrogens is 3. The van der Waals surface area contributed by atoms with Crippen LogP contribution in [0.4, 0.5) is 0 Å². The first-order chi connectivity index (χ1) is 16.4. The summed E-state index contributed by atoms with van der Waals surface area (Å²) in [5, 5.41) is 7.71. The molecular formula is C23H22N4O5S2. The van der Waals surface area contributed by atoms with Gasteiger partial charge in [0.15, 0.2) is 0 Å². The summed E-state index contributed by atoms with van der Waals surface area (Å²) in [4.78, 5) is 15.9. The van der Waals surface area contributed by atoms with Gasteiger partial charge in [-0.3, -0.25) is 9.78 Å². The first-order valence-electron chi connectivity index (χ1n) is 10.6. The third kappa shape index (κ3) is 4.47. The molecule has 0 amide bonds. The van der Waals surface area contributed by atoms with E-state index >= 15 is 0 Å². The molecule has 0 radical (unpaired) electrons. The number of hydrogen-bond donors (Lipinski definition) is 1. The van der Waals surface area contributed by atoms with E-state index < -0.39 is 16.1 Å². The van der Waals surface area contributed by atoms with Crippen LogP contribution in [0.1, 0.15) is 22.3 Å². The highest BCUT2D eigenvalue weighted by molar-refractivity contribution is 7.89. The van der Waals surface area contributed by atoms with Gasteiger partial charge in [0.25, 0.3) is 0 Å². The number of fused-ring (bicyclic) bond motifs is 1. The summed E-state index contributed by atoms with van der Waals surface area (Å²) < 4.78 is 39.5. The van der Waals surface area contributed by atoms with E-state index in [0.717, 1.165) is 33.5 Å². The van der Waals surface area contributed by atoms with Crippen LogP contribution in [0.5, 0.6) is 5.75 Å². The summed E-state index contributed by atoms with van der Waals surface area (Å²) in [6.45, 7) is 2.86. The Kier molecular flexibility index (Phi) is 6.17. The lowest BCUT2D eigenvalue weighted by Gasteiger charge is -2.33. The van der Waals surface area contributed by atoms with Crippen LogP contribution in [0.3, 0.4) is 0 Å². The van der Waals surface area contributed by atoms with E-state index in [4.69, 9.17) is 9.47 Å². The van der Waals surface area contributed by atoms with Crippen molar-refractivity contribution in [3.05, 3.63) is 80.5 Å². The van der Waals surface area contributed by atoms with E-state index in [2.05, 4.69) is 15.2 Å². The molecule has 1 aliphatic heterocycles. The first-order valence-corrected chi connectivity index (χ1v) is 12.9. The molecule has 2 aromatic carbocycles. The molecule has 1 unspecified atom stereocenters. The van der Waals surface area contributed by atoms with Gasteiger partial charge in [-0.05, 0) is 43.3 Å². The molecule has 176 valence electrons. The number of aromatic amines is 1. The van der Waals surface area contributed by atoms with Crippen molar-refractivity contribution in [3.63, 3.8) is 0 Å². The number of H-pyrrole nitrogens is 1. The molecule has 0 bridgehead atoms. The standard InChI is InChI=1S/C23H22N4O5S2/c1-15-12-16(19-4-2-3-5-20(19)24-15)13-32-17-6-8-18(9-7-17)34(29,30)27-10-11-31-14-21(27)22-25-26-23(28)33-22/h2-9,12,21H,10-11,13-14H2,1H3,(H,26,28). The van der Waals surface area contributed by atoms with Crippen molar-refractivity contribution in [3.8, 4) is 5.75 Å². The topological polar surface area (TPSA) is 114 Å². The van der Waals surface area contributed by atoms with E-state index in [1.165, 1.54) is 16.4 Å². The summed E-state index contributed by atoms with van der Waals surface area (Å²) in [6.07, 6.45) is 0. The van der Waals surface area contributed by atoms with Gasteiger partial charge in [0.1, 0.15) is 23.4 Å². The van der Waals surface area contributed by atoms with Crippen molar-refractivity contribution in [2.24, 2.45) is 0 Å². The number of ether oxygens (including phenoxy) is 2. The molecule has 3 heterocycles. The second-order valence-corrected chi connectivity index (χ2v) is 10.7. The smallest absolute Gasteiger partial charge is 0.322 e. The molecule has 0 aliphatic carbocycles. The molecule has 4 aromatic rings. The zero-order valence-corrected chi connectivity index (χ0v) is 19.9. The second-order valence-electron chi connectivity index (χ2n) is 7.86. The highest BCUT2D eigenvalue weighted by Gasteiger charge is 2.37. The Hall–Kier alpha value is -3.12. The summed E-state index contributed by atoms with van der Waals surface area (Å²) >= 11 is 0.885. The van der Waals surface area contributed by atoms with E-state index in [0.29, 0.717) is 17.4 Å². The van der Waals surface area contributed by atoms with Crippen LogP contribution < -0.4 is 9.61 Å². The van der Waals surface area contributed by atoms with Crippen LogP contribution in [-0.2, 0) is 21.4 Å². The number of hydrogen-bond acceptors (Lipinski definition) is 8. The fraction of sp³-hybridized carbons (Fsp3) is 0.261. The number of aryl methyl sites for hydroxylation is 1. The Morgan fingerprint density at radius 1 is 1.21 bits per heavy atom. The average molecular weight is 499 g/mol. The van der Waals surface area contributed by atoms with E-state index in [-0.39, 0.29) is 29.5 Å². The van der Waals surface area contributed by atoms with Crippen LogP contribution in [-0.4, -0.2) is 47.7 Å². The Morgan fingerprint density at radius 3 is 2.76 bits per heavy atom. The maximum Gasteiger partial charge on any atom is 0.322 e. The minimum atomic E-state index is -3.83. The maximum atomic E-state index is 13.4. The zero-order chi connectivity index (χ0) is 23.7. The van der Waals surface area contributed by atoms with Crippen molar-refractivity contribution < 1.29 is 17.9 Å². The van der Waals surface area contributed by atoms with Gasteiger partial charge < -0.3 is 9.47 Å². The molecule has 9 nitrogen and oxygen atoms in total. The second kappa shape index (κ2) is 9.26. The predicted octanol–water partition coefficient (Wildman–Crippen LogP) is 3.03. The average Bonchev–Trinajstić information content (AvgIpc) is 3.29. The molecular weight excluding hydrogens is 476 g/mol. The fourth-order valence-electron chi connectivity index (χ4n) is 3.97.